The molecule has 0 rings (SSSR count). The highest BCUT2D eigenvalue weighted by Crippen LogP contribution is 2.66. The highest BCUT2D eigenvalue weighted by atomic mass is 31.3. The molecule has 19 nitrogen and oxygen atoms in total. The number of rotatable bonds is 15. The van der Waals surface area contributed by atoms with Crippen LogP contribution < -0.4 is 10.2 Å². The standard InChI is InChI=1S/C8H24N4O3P2.C6H16FN2OP.C4H12FN2OP.C4H12N5OP/c1-9(2)16(13,10(3)4)15-17(14,11(5)6)12(7)8;1-5(2)8-11(7,10)9-6(3)4;1-6(2)9(5,8)7(3)4;1-8(2)11(10,7-6-5)9(3)4/h1-8H3;5-6H,1-4H3,(H2,8,9,10);1-4H3;1-4H3. The van der Waals surface area contributed by atoms with E-state index in [0.29, 0.717) is 0 Å². The van der Waals surface area contributed by atoms with Crippen molar-refractivity contribution in [3.8, 4) is 0 Å². The highest BCUT2D eigenvalue weighted by Gasteiger charge is 2.42. The second kappa shape index (κ2) is 23.4. The second-order valence-corrected chi connectivity index (χ2v) is 24.9. The summed E-state index contributed by atoms with van der Waals surface area (Å²) in [4.78, 5) is 5.77. The van der Waals surface area contributed by atoms with Crippen molar-refractivity contribution in [3.63, 3.8) is 0 Å². The molecule has 0 aliphatic heterocycles. The normalized spacial score (nSPS) is 13.2. The third-order valence-corrected chi connectivity index (χ3v) is 17.1. The minimum atomic E-state index is -3.80. The van der Waals surface area contributed by atoms with Gasteiger partial charge in [0, 0.05) is 21.9 Å². The van der Waals surface area contributed by atoms with Gasteiger partial charge in [0.2, 0.25) is 0 Å². The molecule has 0 radical (unpaired) electrons. The summed E-state index contributed by atoms with van der Waals surface area (Å²) in [6.45, 7) is 6.98. The summed E-state index contributed by atoms with van der Waals surface area (Å²) in [6.07, 6.45) is 0. The summed E-state index contributed by atoms with van der Waals surface area (Å²) < 4.78 is 101. The first-order chi connectivity index (χ1) is 21.1. The lowest BCUT2D eigenvalue weighted by molar-refractivity contribution is 0.303. The third-order valence-electron chi connectivity index (χ3n) is 5.27. The van der Waals surface area contributed by atoms with Gasteiger partial charge in [-0.15, -0.1) is 0 Å². The Bertz CT molecular complexity index is 1120. The van der Waals surface area contributed by atoms with Gasteiger partial charge in [0.1, 0.15) is 0 Å². The SMILES string of the molecule is CC(C)NP(=O)(F)NC(C)C.CN(C)P(=O)(F)N(C)C.CN(C)P(=O)(N=[N+]=[N-])N(C)C.CN(C)P(=O)(OP(=O)(N(C)C)N(C)C)N(C)C. The van der Waals surface area contributed by atoms with Crippen LogP contribution in [0.1, 0.15) is 27.7 Å². The van der Waals surface area contributed by atoms with Crippen molar-refractivity contribution in [1.82, 2.24) is 47.5 Å². The molecule has 2 N–H and O–H groups in total. The first-order valence-electron chi connectivity index (χ1n) is 14.3. The maximum atomic E-state index is 12.9. The third kappa shape index (κ3) is 20.1. The summed E-state index contributed by atoms with van der Waals surface area (Å²) in [5, 5.41) is 4.66. The van der Waals surface area contributed by atoms with E-state index < -0.39 is 38.4 Å². The van der Waals surface area contributed by atoms with Gasteiger partial charge in [0.15, 0.2) is 0 Å². The number of hydrogen-bond acceptors (Lipinski definition) is 6. The van der Waals surface area contributed by atoms with E-state index in [1.165, 1.54) is 56.2 Å². The van der Waals surface area contributed by atoms with Crippen LogP contribution in [-0.2, 0) is 27.1 Å². The Hall–Kier alpha value is -0.120. The topological polar surface area (TPSA) is 193 Å². The highest BCUT2D eigenvalue weighted by molar-refractivity contribution is 7.67. The van der Waals surface area contributed by atoms with Gasteiger partial charge in [-0.1, -0.05) is 0 Å². The minimum Gasteiger partial charge on any atom is -0.282 e. The lowest BCUT2D eigenvalue weighted by atomic mass is 10.4. The zero-order valence-corrected chi connectivity index (χ0v) is 37.0. The fourth-order valence-electron chi connectivity index (χ4n) is 2.78. The monoisotopic (exact) mass is 799 g/mol. The van der Waals surface area contributed by atoms with Gasteiger partial charge < -0.3 is 0 Å². The lowest BCUT2D eigenvalue weighted by Gasteiger charge is -2.36. The van der Waals surface area contributed by atoms with Crippen LogP contribution in [0.25, 0.3) is 10.4 Å². The number of azide groups is 1. The molecule has 0 aliphatic carbocycles. The van der Waals surface area contributed by atoms with Crippen molar-refractivity contribution >= 4 is 38.4 Å². The Kier molecular flexibility index (Phi) is 26.7. The molecule has 0 amide bonds. The molecular weight excluding hydrogens is 735 g/mol. The van der Waals surface area contributed by atoms with Crippen LogP contribution in [0.15, 0.2) is 4.88 Å². The molecule has 0 spiro atoms. The van der Waals surface area contributed by atoms with E-state index in [4.69, 9.17) is 9.84 Å². The van der Waals surface area contributed by atoms with Crippen molar-refractivity contribution in [2.45, 2.75) is 39.8 Å². The van der Waals surface area contributed by atoms with Crippen molar-refractivity contribution in [2.75, 3.05) is 113 Å². The molecule has 0 atom stereocenters. The van der Waals surface area contributed by atoms with Gasteiger partial charge in [0.25, 0.3) is 0 Å². The zero-order valence-electron chi connectivity index (χ0n) is 32.5. The van der Waals surface area contributed by atoms with E-state index in [9.17, 15) is 31.2 Å². The quantitative estimate of drug-likeness (QED) is 0.0817. The number of hydrogen-bond donors (Lipinski definition) is 2. The molecule has 0 saturated carbocycles. The van der Waals surface area contributed by atoms with Crippen molar-refractivity contribution in [1.29, 1.82) is 0 Å². The van der Waals surface area contributed by atoms with E-state index in [2.05, 4.69) is 20.0 Å². The first-order valence-corrected chi connectivity index (χ1v) is 22.0. The van der Waals surface area contributed by atoms with E-state index in [-0.39, 0.29) is 12.1 Å². The van der Waals surface area contributed by atoms with E-state index in [0.717, 1.165) is 9.34 Å². The molecule has 48 heavy (non-hydrogen) atoms. The summed E-state index contributed by atoms with van der Waals surface area (Å²) >= 11 is 0. The molecule has 26 heteroatoms. The van der Waals surface area contributed by atoms with Crippen LogP contribution >= 0.6 is 38.4 Å². The second-order valence-electron chi connectivity index (χ2n) is 12.1. The number of halogens is 2. The van der Waals surface area contributed by atoms with Gasteiger partial charge in [-0.3, -0.25) is 22.8 Å². The van der Waals surface area contributed by atoms with Gasteiger partial charge >= 0.3 is 38.4 Å². The average molecular weight is 800 g/mol. The van der Waals surface area contributed by atoms with E-state index in [1.54, 1.807) is 112 Å². The predicted octanol–water partition coefficient (Wildman–Crippen LogP) is 6.24. The van der Waals surface area contributed by atoms with Crippen molar-refractivity contribution in [2.24, 2.45) is 4.88 Å². The molecule has 0 saturated heterocycles. The summed E-state index contributed by atoms with van der Waals surface area (Å²) in [5.74, 6) is 0. The maximum absolute atomic E-state index is 12.9. The fraction of sp³-hybridized carbons (Fsp3) is 1.00. The van der Waals surface area contributed by atoms with Crippen LogP contribution in [0.3, 0.4) is 0 Å². The molecule has 0 heterocycles. The average Bonchev–Trinajstić information content (AvgIpc) is 2.87. The number of nitrogens with zero attached hydrogens (tertiary/aromatic N) is 11. The van der Waals surface area contributed by atoms with Gasteiger partial charge in [-0.25, -0.2) is 51.8 Å². The Morgan fingerprint density at radius 2 is 0.792 bits per heavy atom. The van der Waals surface area contributed by atoms with Crippen LogP contribution in [0.5, 0.6) is 0 Å². The summed E-state index contributed by atoms with van der Waals surface area (Å²) in [6, 6.07) is -0.228. The number of nitrogens with one attached hydrogen (secondary N) is 2. The zero-order chi connectivity index (χ0) is 39.8. The largest absolute Gasteiger partial charge is 0.381 e. The molecule has 0 aromatic carbocycles. The van der Waals surface area contributed by atoms with Gasteiger partial charge in [0.05, 0.1) is 0 Å². The van der Waals surface area contributed by atoms with Gasteiger partial charge in [-0.05, 0) is 146 Å². The maximum Gasteiger partial charge on any atom is 0.381 e. The summed E-state index contributed by atoms with van der Waals surface area (Å²) in [5.41, 5.74) is 8.13. The molecule has 0 bridgehead atoms. The van der Waals surface area contributed by atoms with Crippen LogP contribution in [0.4, 0.5) is 8.39 Å². The van der Waals surface area contributed by atoms with Crippen LogP contribution in [0, 0.1) is 0 Å². The van der Waals surface area contributed by atoms with Crippen LogP contribution in [-0.4, -0.2) is 162 Å². The molecule has 0 aromatic heterocycles. The molecule has 0 aliphatic rings. The Morgan fingerprint density at radius 3 is 0.896 bits per heavy atom. The molecule has 0 fully saturated rings. The van der Waals surface area contributed by atoms with Crippen molar-refractivity contribution in [3.05, 3.63) is 10.4 Å². The first kappa shape index (κ1) is 54.7. The minimum absolute atomic E-state index is 0.114. The fourth-order valence-corrected chi connectivity index (χ4v) is 10.9. The van der Waals surface area contributed by atoms with Crippen LogP contribution in [0.2, 0.25) is 0 Å². The Balaban J connectivity index is -0.000000278. The van der Waals surface area contributed by atoms with Crippen molar-refractivity contribution < 1.29 is 35.5 Å². The summed E-state index contributed by atoms with van der Waals surface area (Å²) in [7, 11) is 8.28. The Labute approximate surface area is 289 Å². The predicted molar refractivity (Wildman–Crippen MR) is 197 cm³/mol. The van der Waals surface area contributed by atoms with E-state index in [1.807, 2.05) is 0 Å². The lowest BCUT2D eigenvalue weighted by Crippen LogP contribution is -2.29. The molecule has 0 unspecified atom stereocenters. The van der Waals surface area contributed by atoms with E-state index >= 15 is 0 Å². The smallest absolute Gasteiger partial charge is 0.282 e. The molecule has 292 valence electrons. The van der Waals surface area contributed by atoms with Gasteiger partial charge in [-0.2, -0.15) is 8.39 Å². The molecular formula is C22H64F2N13O6P5. The molecule has 0 aromatic rings. The Morgan fingerprint density at radius 1 is 0.542 bits per heavy atom.